The molecule has 0 spiro atoms. The number of carbonyl (C=O) groups excluding carboxylic acids is 1. The number of hydrazine groups is 1. The van der Waals surface area contributed by atoms with Gasteiger partial charge < -0.3 is 4.40 Å². The van der Waals surface area contributed by atoms with Gasteiger partial charge in [-0.25, -0.2) is 10.8 Å². The van der Waals surface area contributed by atoms with Crippen LogP contribution in [0.5, 0.6) is 0 Å². The van der Waals surface area contributed by atoms with Crippen LogP contribution >= 0.6 is 11.6 Å². The number of imidazole rings is 1. The summed E-state index contributed by atoms with van der Waals surface area (Å²) >= 11 is 5.81. The van der Waals surface area contributed by atoms with Crippen molar-refractivity contribution in [3.8, 4) is 0 Å². The maximum atomic E-state index is 11.0. The summed E-state index contributed by atoms with van der Waals surface area (Å²) in [7, 11) is 0. The number of nitrogens with one attached hydrogen (secondary N) is 1. The fourth-order valence-electron chi connectivity index (χ4n) is 1.31. The van der Waals surface area contributed by atoms with Crippen molar-refractivity contribution in [2.45, 2.75) is 6.42 Å². The van der Waals surface area contributed by atoms with Crippen LogP contribution in [0.15, 0.2) is 24.5 Å². The van der Waals surface area contributed by atoms with Crippen LogP contribution in [0.1, 0.15) is 5.69 Å². The Balaban J connectivity index is 2.34. The third-order valence-electron chi connectivity index (χ3n) is 1.97. The quantitative estimate of drug-likeness (QED) is 0.444. The van der Waals surface area contributed by atoms with Crippen molar-refractivity contribution in [3.05, 3.63) is 35.2 Å². The summed E-state index contributed by atoms with van der Waals surface area (Å²) in [6.45, 7) is 0. The van der Waals surface area contributed by atoms with Crippen molar-refractivity contribution < 1.29 is 4.79 Å². The number of pyridine rings is 1. The van der Waals surface area contributed by atoms with E-state index < -0.39 is 0 Å². The number of halogens is 1. The first-order valence-corrected chi connectivity index (χ1v) is 4.69. The highest BCUT2D eigenvalue weighted by molar-refractivity contribution is 6.30. The van der Waals surface area contributed by atoms with Gasteiger partial charge in [0.15, 0.2) is 0 Å². The van der Waals surface area contributed by atoms with Gasteiger partial charge in [0.25, 0.3) is 0 Å². The molecule has 0 aliphatic carbocycles. The summed E-state index contributed by atoms with van der Waals surface area (Å²) in [6, 6.07) is 3.48. The van der Waals surface area contributed by atoms with Gasteiger partial charge in [0.2, 0.25) is 5.91 Å². The Labute approximate surface area is 90.8 Å². The third kappa shape index (κ3) is 2.08. The standard InChI is InChI=1S/C9H9ClN4O/c10-6-1-2-14-5-7(4-9(15)13-11)12-8(14)3-6/h1-3,5H,4,11H2,(H,13,15). The number of nitrogens with two attached hydrogens (primary N) is 1. The minimum absolute atomic E-state index is 0.162. The fraction of sp³-hybridized carbons (Fsp3) is 0.111. The van der Waals surface area contributed by atoms with Crippen molar-refractivity contribution in [1.29, 1.82) is 0 Å². The zero-order valence-corrected chi connectivity index (χ0v) is 8.53. The Morgan fingerprint density at radius 1 is 1.67 bits per heavy atom. The van der Waals surface area contributed by atoms with E-state index in [1.165, 1.54) is 0 Å². The molecular weight excluding hydrogens is 216 g/mol. The molecule has 0 fully saturated rings. The molecule has 2 aromatic rings. The van der Waals surface area contributed by atoms with Crippen LogP contribution in [-0.2, 0) is 11.2 Å². The molecule has 0 saturated carbocycles. The van der Waals surface area contributed by atoms with Gasteiger partial charge in [-0.15, -0.1) is 0 Å². The Hall–Kier alpha value is -1.59. The van der Waals surface area contributed by atoms with E-state index in [1.807, 2.05) is 0 Å². The molecule has 5 nitrogen and oxygen atoms in total. The molecule has 2 rings (SSSR count). The summed E-state index contributed by atoms with van der Waals surface area (Å²) in [6.07, 6.45) is 3.71. The number of amides is 1. The van der Waals surface area contributed by atoms with Gasteiger partial charge in [-0.1, -0.05) is 11.6 Å². The smallest absolute Gasteiger partial charge is 0.239 e. The predicted molar refractivity (Wildman–Crippen MR) is 56.2 cm³/mol. The summed E-state index contributed by atoms with van der Waals surface area (Å²) < 4.78 is 1.80. The van der Waals surface area contributed by atoms with Crippen molar-refractivity contribution in [1.82, 2.24) is 14.8 Å². The molecule has 2 aromatic heterocycles. The molecule has 0 aliphatic rings. The molecule has 3 N–H and O–H groups in total. The zero-order chi connectivity index (χ0) is 10.8. The second kappa shape index (κ2) is 3.88. The Morgan fingerprint density at radius 3 is 3.20 bits per heavy atom. The maximum Gasteiger partial charge on any atom is 0.239 e. The van der Waals surface area contributed by atoms with Crippen LogP contribution < -0.4 is 11.3 Å². The lowest BCUT2D eigenvalue weighted by atomic mass is 10.3. The second-order valence-electron chi connectivity index (χ2n) is 3.09. The summed E-state index contributed by atoms with van der Waals surface area (Å²) in [5.74, 6) is 4.71. The van der Waals surface area contributed by atoms with Crippen LogP contribution in [-0.4, -0.2) is 15.3 Å². The predicted octanol–water partition coefficient (Wildman–Crippen LogP) is 0.520. The number of fused-ring (bicyclic) bond motifs is 1. The minimum atomic E-state index is -0.274. The molecule has 0 aromatic carbocycles. The molecule has 2 heterocycles. The van der Waals surface area contributed by atoms with E-state index in [4.69, 9.17) is 17.4 Å². The van der Waals surface area contributed by atoms with Crippen molar-refractivity contribution in [2.24, 2.45) is 5.84 Å². The van der Waals surface area contributed by atoms with Gasteiger partial charge in [-0.2, -0.15) is 0 Å². The Morgan fingerprint density at radius 2 is 2.47 bits per heavy atom. The first kappa shape index (κ1) is 9.95. The van der Waals surface area contributed by atoms with Gasteiger partial charge in [-0.05, 0) is 12.1 Å². The number of hydrogen-bond acceptors (Lipinski definition) is 3. The maximum absolute atomic E-state index is 11.0. The number of aromatic nitrogens is 2. The Kier molecular flexibility index (Phi) is 2.57. The normalized spacial score (nSPS) is 10.5. The second-order valence-corrected chi connectivity index (χ2v) is 3.52. The monoisotopic (exact) mass is 224 g/mol. The average molecular weight is 225 g/mol. The van der Waals surface area contributed by atoms with E-state index in [1.54, 1.807) is 28.9 Å². The molecule has 0 radical (unpaired) electrons. The van der Waals surface area contributed by atoms with Gasteiger partial charge in [0.05, 0.1) is 12.1 Å². The summed E-state index contributed by atoms with van der Waals surface area (Å²) in [4.78, 5) is 15.2. The summed E-state index contributed by atoms with van der Waals surface area (Å²) in [5, 5.41) is 0.614. The molecule has 1 amide bonds. The van der Waals surface area contributed by atoms with Gasteiger partial charge in [0.1, 0.15) is 5.65 Å². The molecular formula is C9H9ClN4O. The SMILES string of the molecule is NNC(=O)Cc1cn2ccc(Cl)cc2n1. The topological polar surface area (TPSA) is 72.4 Å². The number of nitrogens with zero attached hydrogens (tertiary/aromatic N) is 2. The number of rotatable bonds is 2. The van der Waals surface area contributed by atoms with Gasteiger partial charge >= 0.3 is 0 Å². The minimum Gasteiger partial charge on any atom is -0.307 e. The van der Waals surface area contributed by atoms with Crippen molar-refractivity contribution >= 4 is 23.2 Å². The number of hydrogen-bond donors (Lipinski definition) is 2. The fourth-order valence-corrected chi connectivity index (χ4v) is 1.46. The first-order chi connectivity index (χ1) is 7.19. The van der Waals surface area contributed by atoms with E-state index in [0.29, 0.717) is 16.4 Å². The summed E-state index contributed by atoms with van der Waals surface area (Å²) in [5.41, 5.74) is 3.42. The molecule has 0 atom stereocenters. The molecule has 0 aliphatic heterocycles. The molecule has 6 heteroatoms. The van der Waals surface area contributed by atoms with E-state index in [9.17, 15) is 4.79 Å². The lowest BCUT2D eigenvalue weighted by Gasteiger charge is -1.93. The zero-order valence-electron chi connectivity index (χ0n) is 7.77. The van der Waals surface area contributed by atoms with Crippen LogP contribution in [0.25, 0.3) is 5.65 Å². The van der Waals surface area contributed by atoms with Crippen molar-refractivity contribution in [3.63, 3.8) is 0 Å². The van der Waals surface area contributed by atoms with Gasteiger partial charge in [-0.3, -0.25) is 10.2 Å². The van der Waals surface area contributed by atoms with Gasteiger partial charge in [0, 0.05) is 17.4 Å². The van der Waals surface area contributed by atoms with Crippen molar-refractivity contribution in [2.75, 3.05) is 0 Å². The Bertz CT molecular complexity index is 508. The highest BCUT2D eigenvalue weighted by Gasteiger charge is 2.06. The number of carbonyl (C=O) groups is 1. The van der Waals surface area contributed by atoms with Crippen LogP contribution in [0.2, 0.25) is 5.02 Å². The van der Waals surface area contributed by atoms with E-state index in [-0.39, 0.29) is 12.3 Å². The molecule has 15 heavy (non-hydrogen) atoms. The molecule has 0 saturated heterocycles. The molecule has 78 valence electrons. The average Bonchev–Trinajstić information content (AvgIpc) is 2.59. The van der Waals surface area contributed by atoms with E-state index in [2.05, 4.69) is 10.4 Å². The van der Waals surface area contributed by atoms with Crippen LogP contribution in [0.4, 0.5) is 0 Å². The van der Waals surface area contributed by atoms with E-state index in [0.717, 1.165) is 0 Å². The lowest BCUT2D eigenvalue weighted by Crippen LogP contribution is -2.31. The van der Waals surface area contributed by atoms with E-state index >= 15 is 0 Å². The highest BCUT2D eigenvalue weighted by Crippen LogP contribution is 2.12. The van der Waals surface area contributed by atoms with Crippen LogP contribution in [0.3, 0.4) is 0 Å². The molecule has 0 bridgehead atoms. The largest absolute Gasteiger partial charge is 0.307 e. The van der Waals surface area contributed by atoms with Crippen LogP contribution in [0, 0.1) is 0 Å². The first-order valence-electron chi connectivity index (χ1n) is 4.31. The third-order valence-corrected chi connectivity index (χ3v) is 2.21. The highest BCUT2D eigenvalue weighted by atomic mass is 35.5. The molecule has 0 unspecified atom stereocenters. The lowest BCUT2D eigenvalue weighted by molar-refractivity contribution is -0.120.